The predicted molar refractivity (Wildman–Crippen MR) is 32.2 cm³/mol. The monoisotopic (exact) mass is 176 g/mol. The Morgan fingerprint density at radius 3 is 2.00 bits per heavy atom. The number of hydrogen-bond donors (Lipinski definition) is 1. The Labute approximate surface area is 55.8 Å². The van der Waals surface area contributed by atoms with E-state index in [-0.39, 0.29) is 0 Å². The van der Waals surface area contributed by atoms with E-state index in [1.165, 1.54) is 0 Å². The Morgan fingerprint density at radius 2 is 2.00 bits per heavy atom. The SMILES string of the molecule is NC(Cl)=NS(=O)(=O)Cl. The molecule has 4 nitrogen and oxygen atoms in total. The van der Waals surface area contributed by atoms with Crippen molar-refractivity contribution in [2.75, 3.05) is 0 Å². The quantitative estimate of drug-likeness (QED) is 0.265. The van der Waals surface area contributed by atoms with Crippen molar-refractivity contribution >= 4 is 36.8 Å². The average molecular weight is 177 g/mol. The molecular weight excluding hydrogens is 175 g/mol. The lowest BCUT2D eigenvalue weighted by Crippen LogP contribution is -2.03. The van der Waals surface area contributed by atoms with Crippen LogP contribution in [-0.2, 0) is 9.24 Å². The van der Waals surface area contributed by atoms with Crippen LogP contribution in [0.5, 0.6) is 0 Å². The maximum atomic E-state index is 9.86. The Kier molecular flexibility index (Phi) is 2.52. The average Bonchev–Trinajstić information content (AvgIpc) is 1.21. The van der Waals surface area contributed by atoms with Crippen molar-refractivity contribution in [2.45, 2.75) is 0 Å². The van der Waals surface area contributed by atoms with Crippen molar-refractivity contribution in [2.24, 2.45) is 10.1 Å². The van der Waals surface area contributed by atoms with E-state index in [9.17, 15) is 8.42 Å². The molecule has 0 aromatic rings. The molecule has 0 aliphatic heterocycles. The Morgan fingerprint density at radius 1 is 1.62 bits per heavy atom. The molecule has 0 rings (SSSR count). The summed E-state index contributed by atoms with van der Waals surface area (Å²) in [4.78, 5) is 0. The summed E-state index contributed by atoms with van der Waals surface area (Å²) in [6, 6.07) is 0. The third-order valence-corrected chi connectivity index (χ3v) is 1.00. The summed E-state index contributed by atoms with van der Waals surface area (Å²) in [5.41, 5.74) is 4.63. The topological polar surface area (TPSA) is 72.5 Å². The van der Waals surface area contributed by atoms with Gasteiger partial charge in [0.25, 0.3) is 0 Å². The molecule has 7 heteroatoms. The van der Waals surface area contributed by atoms with Gasteiger partial charge in [0.1, 0.15) is 0 Å². The zero-order chi connectivity index (χ0) is 6.78. The molecule has 8 heavy (non-hydrogen) atoms. The van der Waals surface area contributed by atoms with Gasteiger partial charge in [-0.05, 0) is 11.6 Å². The highest BCUT2D eigenvalue weighted by Gasteiger charge is 1.98. The fourth-order valence-electron chi connectivity index (χ4n) is 0.104. The first-order valence-corrected chi connectivity index (χ1v) is 4.02. The van der Waals surface area contributed by atoms with Crippen molar-refractivity contribution < 1.29 is 8.42 Å². The maximum absolute atomic E-state index is 9.86. The summed E-state index contributed by atoms with van der Waals surface area (Å²) in [5, 5.41) is -0.597. The van der Waals surface area contributed by atoms with Gasteiger partial charge in [0.2, 0.25) is 5.29 Å². The van der Waals surface area contributed by atoms with Crippen LogP contribution in [0.1, 0.15) is 0 Å². The minimum Gasteiger partial charge on any atom is -0.373 e. The first-order valence-electron chi connectivity index (χ1n) is 1.37. The second-order valence-electron chi connectivity index (χ2n) is 0.826. The lowest BCUT2D eigenvalue weighted by Gasteiger charge is -1.80. The molecule has 0 aromatic carbocycles. The highest BCUT2D eigenvalue weighted by Crippen LogP contribution is 1.97. The second-order valence-corrected chi connectivity index (χ2v) is 3.39. The van der Waals surface area contributed by atoms with Gasteiger partial charge in [-0.3, -0.25) is 0 Å². The highest BCUT2D eigenvalue weighted by molar-refractivity contribution is 8.12. The van der Waals surface area contributed by atoms with Crippen LogP contribution in [-0.4, -0.2) is 13.7 Å². The van der Waals surface area contributed by atoms with E-state index < -0.39 is 14.5 Å². The number of hydrogen-bond acceptors (Lipinski definition) is 2. The molecule has 0 atom stereocenters. The minimum atomic E-state index is -3.92. The van der Waals surface area contributed by atoms with Gasteiger partial charge >= 0.3 is 9.24 Å². The first-order chi connectivity index (χ1) is 3.42. The molecule has 0 amide bonds. The molecule has 0 aliphatic rings. The summed E-state index contributed by atoms with van der Waals surface area (Å²) in [7, 11) is 0.628. The minimum absolute atomic E-state index is 0.597. The van der Waals surface area contributed by atoms with Crippen LogP contribution >= 0.6 is 22.3 Å². The zero-order valence-corrected chi connectivity index (χ0v) is 5.83. The van der Waals surface area contributed by atoms with Crippen LogP contribution in [0.2, 0.25) is 0 Å². The van der Waals surface area contributed by atoms with E-state index in [0.717, 1.165) is 0 Å². The van der Waals surface area contributed by atoms with Gasteiger partial charge in [-0.15, -0.1) is 4.40 Å². The third kappa shape index (κ3) is 6.00. The van der Waals surface area contributed by atoms with Gasteiger partial charge < -0.3 is 5.73 Å². The lowest BCUT2D eigenvalue weighted by molar-refractivity contribution is 0.611. The van der Waals surface area contributed by atoms with Crippen LogP contribution in [0.3, 0.4) is 0 Å². The summed E-state index contributed by atoms with van der Waals surface area (Å²) in [6.07, 6.45) is 0. The molecular formula is CH2Cl2N2O2S. The van der Waals surface area contributed by atoms with E-state index in [1.807, 2.05) is 0 Å². The number of nitrogens with zero attached hydrogens (tertiary/aromatic N) is 1. The van der Waals surface area contributed by atoms with Crippen LogP contribution < -0.4 is 5.73 Å². The predicted octanol–water partition coefficient (Wildman–Crippen LogP) is 0.0235. The fourth-order valence-corrected chi connectivity index (χ4v) is 0.914. The van der Waals surface area contributed by atoms with Crippen molar-refractivity contribution in [3.63, 3.8) is 0 Å². The van der Waals surface area contributed by atoms with Gasteiger partial charge in [-0.25, -0.2) is 0 Å². The molecule has 48 valence electrons. The van der Waals surface area contributed by atoms with Crippen LogP contribution in [0.4, 0.5) is 0 Å². The molecule has 0 saturated heterocycles. The second kappa shape index (κ2) is 2.52. The standard InChI is InChI=1S/CH2Cl2N2O2S/c2-1(4)5-8(3,6)7/h(H2,4,5). The molecule has 0 saturated carbocycles. The molecule has 0 spiro atoms. The normalized spacial score (nSPS) is 14.0. The van der Waals surface area contributed by atoms with Gasteiger partial charge in [-0.1, -0.05) is 0 Å². The van der Waals surface area contributed by atoms with E-state index in [2.05, 4.69) is 20.8 Å². The molecule has 2 N–H and O–H groups in total. The van der Waals surface area contributed by atoms with Gasteiger partial charge in [0.05, 0.1) is 0 Å². The Hall–Kier alpha value is -0.000000000000000111. The molecule has 0 aromatic heterocycles. The van der Waals surface area contributed by atoms with Gasteiger partial charge in [0.15, 0.2) is 0 Å². The van der Waals surface area contributed by atoms with Crippen molar-refractivity contribution in [3.05, 3.63) is 0 Å². The van der Waals surface area contributed by atoms with Crippen LogP contribution in [0.25, 0.3) is 0 Å². The largest absolute Gasteiger partial charge is 0.373 e. The maximum Gasteiger partial charge on any atom is 0.342 e. The summed E-state index contributed by atoms with van der Waals surface area (Å²) < 4.78 is 22.3. The molecule has 0 aliphatic carbocycles. The number of rotatable bonds is 1. The van der Waals surface area contributed by atoms with E-state index in [1.54, 1.807) is 0 Å². The van der Waals surface area contributed by atoms with Crippen molar-refractivity contribution in [1.29, 1.82) is 0 Å². The Bertz CT molecular complexity index is 190. The van der Waals surface area contributed by atoms with E-state index in [0.29, 0.717) is 0 Å². The molecule has 0 bridgehead atoms. The third-order valence-electron chi connectivity index (χ3n) is 0.196. The van der Waals surface area contributed by atoms with Gasteiger partial charge in [-0.2, -0.15) is 8.42 Å². The molecule has 0 unspecified atom stereocenters. The smallest absolute Gasteiger partial charge is 0.342 e. The van der Waals surface area contributed by atoms with Crippen molar-refractivity contribution in [3.8, 4) is 0 Å². The Balaban J connectivity index is 4.36. The fraction of sp³-hybridized carbons (Fsp3) is 0. The van der Waals surface area contributed by atoms with E-state index in [4.69, 9.17) is 11.6 Å². The highest BCUT2D eigenvalue weighted by atomic mass is 35.7. The summed E-state index contributed by atoms with van der Waals surface area (Å²) in [6.45, 7) is 0. The molecule has 0 fully saturated rings. The molecule has 0 heterocycles. The van der Waals surface area contributed by atoms with Gasteiger partial charge in [0, 0.05) is 10.7 Å². The zero-order valence-electron chi connectivity index (χ0n) is 3.51. The number of amidine groups is 1. The summed E-state index contributed by atoms with van der Waals surface area (Å²) in [5.74, 6) is 0. The molecule has 0 radical (unpaired) electrons. The van der Waals surface area contributed by atoms with E-state index >= 15 is 0 Å². The lowest BCUT2D eigenvalue weighted by atomic mass is 11.4. The number of halogens is 2. The van der Waals surface area contributed by atoms with Crippen LogP contribution in [0, 0.1) is 0 Å². The van der Waals surface area contributed by atoms with Crippen molar-refractivity contribution in [1.82, 2.24) is 0 Å². The number of nitrogens with two attached hydrogens (primary N) is 1. The van der Waals surface area contributed by atoms with Crippen LogP contribution in [0.15, 0.2) is 4.40 Å². The first kappa shape index (κ1) is 8.00. The summed E-state index contributed by atoms with van der Waals surface area (Å²) >= 11 is 4.83.